The van der Waals surface area contributed by atoms with Gasteiger partial charge >= 0.3 is 0 Å². The second-order valence-electron chi connectivity index (χ2n) is 2.05. The molecule has 2 N–H and O–H groups in total. The number of rotatable bonds is 5. The predicted molar refractivity (Wildman–Crippen MR) is 38.0 cm³/mol. The van der Waals surface area contributed by atoms with Crippen molar-refractivity contribution in [3.8, 4) is 0 Å². The number of nitrogens with one attached hydrogen (secondary N) is 1. The van der Waals surface area contributed by atoms with Gasteiger partial charge in [-0.05, 0) is 6.42 Å². The highest BCUT2D eigenvalue weighted by atomic mass is 16.3. The highest BCUT2D eigenvalue weighted by molar-refractivity contribution is 4.41. The van der Waals surface area contributed by atoms with E-state index >= 15 is 0 Å². The predicted octanol–water partition coefficient (Wildman–Crippen LogP) is -0.175. The molecule has 0 fully saturated rings. The molecule has 0 aromatic carbocycles. The normalized spacial score (nSPS) is 10.7. The van der Waals surface area contributed by atoms with E-state index in [9.17, 15) is 0 Å². The van der Waals surface area contributed by atoms with Gasteiger partial charge in [-0.25, -0.2) is 5.01 Å². The van der Waals surface area contributed by atoms with Crippen LogP contribution in [0.15, 0.2) is 0 Å². The fraction of sp³-hybridized carbons (Fsp3) is 1.00. The molecule has 0 rings (SSSR count). The Labute approximate surface area is 56.6 Å². The van der Waals surface area contributed by atoms with Crippen molar-refractivity contribution >= 4 is 0 Å². The molecule has 0 aromatic rings. The zero-order valence-electron chi connectivity index (χ0n) is 6.22. The van der Waals surface area contributed by atoms with E-state index in [0.717, 1.165) is 13.0 Å². The molecule has 3 heteroatoms. The van der Waals surface area contributed by atoms with Gasteiger partial charge in [0.15, 0.2) is 0 Å². The molecule has 0 aliphatic heterocycles. The number of likely N-dealkylation sites (N-methyl/N-ethyl adjacent to an activating group) is 1. The summed E-state index contributed by atoms with van der Waals surface area (Å²) in [4.78, 5) is 0. The third-order valence-corrected chi connectivity index (χ3v) is 1.07. The number of aliphatic hydroxyl groups is 1. The largest absolute Gasteiger partial charge is 0.395 e. The van der Waals surface area contributed by atoms with E-state index in [0.29, 0.717) is 6.54 Å². The molecule has 9 heavy (non-hydrogen) atoms. The molecule has 0 aromatic heterocycles. The van der Waals surface area contributed by atoms with Crippen molar-refractivity contribution in [3.63, 3.8) is 0 Å². The van der Waals surface area contributed by atoms with Crippen molar-refractivity contribution in [2.24, 2.45) is 0 Å². The minimum atomic E-state index is 0.215. The molecule has 0 atom stereocenters. The molecule has 0 heterocycles. The lowest BCUT2D eigenvalue weighted by Gasteiger charge is -2.15. The van der Waals surface area contributed by atoms with E-state index in [1.54, 1.807) is 0 Å². The zero-order chi connectivity index (χ0) is 7.11. The van der Waals surface area contributed by atoms with E-state index in [1.165, 1.54) is 0 Å². The zero-order valence-corrected chi connectivity index (χ0v) is 6.22. The highest BCUT2D eigenvalue weighted by Crippen LogP contribution is 1.74. The maximum atomic E-state index is 8.45. The second kappa shape index (κ2) is 6.01. The topological polar surface area (TPSA) is 35.5 Å². The molecule has 0 saturated heterocycles. The Bertz CT molecular complexity index is 59.0. The van der Waals surface area contributed by atoms with Crippen LogP contribution in [0.4, 0.5) is 0 Å². The van der Waals surface area contributed by atoms with Gasteiger partial charge in [0.1, 0.15) is 0 Å². The summed E-state index contributed by atoms with van der Waals surface area (Å²) >= 11 is 0. The second-order valence-corrected chi connectivity index (χ2v) is 2.05. The molecule has 0 unspecified atom stereocenters. The smallest absolute Gasteiger partial charge is 0.0572 e. The molecule has 0 aliphatic carbocycles. The van der Waals surface area contributed by atoms with Gasteiger partial charge in [-0.3, -0.25) is 5.43 Å². The van der Waals surface area contributed by atoms with Crippen molar-refractivity contribution < 1.29 is 5.11 Å². The number of hydrogen-bond acceptors (Lipinski definition) is 3. The number of hydrogen-bond donors (Lipinski definition) is 2. The van der Waals surface area contributed by atoms with Crippen LogP contribution in [0.1, 0.15) is 13.3 Å². The van der Waals surface area contributed by atoms with Gasteiger partial charge in [-0.15, -0.1) is 0 Å². The monoisotopic (exact) mass is 132 g/mol. The fourth-order valence-corrected chi connectivity index (χ4v) is 0.532. The first-order chi connectivity index (χ1) is 4.31. The van der Waals surface area contributed by atoms with Crippen LogP contribution in [0.2, 0.25) is 0 Å². The van der Waals surface area contributed by atoms with Crippen LogP contribution in [-0.2, 0) is 0 Å². The van der Waals surface area contributed by atoms with E-state index in [1.807, 2.05) is 12.1 Å². The maximum Gasteiger partial charge on any atom is 0.0572 e. The molecule has 0 aliphatic rings. The van der Waals surface area contributed by atoms with Gasteiger partial charge in [-0.2, -0.15) is 0 Å². The molecule has 0 saturated carbocycles. The summed E-state index contributed by atoms with van der Waals surface area (Å²) in [6.45, 7) is 4.00. The fourth-order valence-electron chi connectivity index (χ4n) is 0.532. The van der Waals surface area contributed by atoms with Crippen molar-refractivity contribution in [1.29, 1.82) is 0 Å². The Kier molecular flexibility index (Phi) is 5.93. The molecular formula is C6H16N2O. The Morgan fingerprint density at radius 2 is 2.22 bits per heavy atom. The molecule has 56 valence electrons. The summed E-state index contributed by atoms with van der Waals surface area (Å²) < 4.78 is 0. The highest BCUT2D eigenvalue weighted by Gasteiger charge is 1.91. The first-order valence-corrected chi connectivity index (χ1v) is 3.36. The standard InChI is InChI=1S/C6H16N2O/c1-3-4-7-8(2)5-6-9/h7,9H,3-6H2,1-2H3. The van der Waals surface area contributed by atoms with Crippen LogP contribution < -0.4 is 5.43 Å². The number of nitrogens with zero attached hydrogens (tertiary/aromatic N) is 1. The maximum absolute atomic E-state index is 8.45. The Morgan fingerprint density at radius 1 is 1.56 bits per heavy atom. The Balaban J connectivity index is 2.95. The summed E-state index contributed by atoms with van der Waals surface area (Å²) in [5, 5.41) is 10.3. The average Bonchev–Trinajstić information content (AvgIpc) is 1.85. The van der Waals surface area contributed by atoms with E-state index in [-0.39, 0.29) is 6.61 Å². The van der Waals surface area contributed by atoms with E-state index in [4.69, 9.17) is 5.11 Å². The lowest BCUT2D eigenvalue weighted by Crippen LogP contribution is -2.36. The molecule has 0 spiro atoms. The summed E-state index contributed by atoms with van der Waals surface area (Å²) in [5.41, 5.74) is 3.11. The Morgan fingerprint density at radius 3 is 2.67 bits per heavy atom. The molecule has 0 radical (unpaired) electrons. The SMILES string of the molecule is CCCNN(C)CCO. The summed E-state index contributed by atoms with van der Waals surface area (Å²) in [5.74, 6) is 0. The van der Waals surface area contributed by atoms with Crippen molar-refractivity contribution in [3.05, 3.63) is 0 Å². The van der Waals surface area contributed by atoms with Crippen LogP contribution in [0, 0.1) is 0 Å². The van der Waals surface area contributed by atoms with Crippen LogP contribution in [-0.4, -0.2) is 36.9 Å². The minimum absolute atomic E-state index is 0.215. The van der Waals surface area contributed by atoms with Crippen LogP contribution in [0.3, 0.4) is 0 Å². The third-order valence-electron chi connectivity index (χ3n) is 1.07. The van der Waals surface area contributed by atoms with Crippen LogP contribution in [0.5, 0.6) is 0 Å². The van der Waals surface area contributed by atoms with Gasteiger partial charge < -0.3 is 5.11 Å². The van der Waals surface area contributed by atoms with Crippen molar-refractivity contribution in [2.45, 2.75) is 13.3 Å². The van der Waals surface area contributed by atoms with Crippen LogP contribution in [0.25, 0.3) is 0 Å². The molecule has 3 nitrogen and oxygen atoms in total. The lowest BCUT2D eigenvalue weighted by atomic mass is 10.5. The summed E-state index contributed by atoms with van der Waals surface area (Å²) in [6, 6.07) is 0. The van der Waals surface area contributed by atoms with E-state index in [2.05, 4.69) is 12.3 Å². The van der Waals surface area contributed by atoms with Gasteiger partial charge in [0.25, 0.3) is 0 Å². The van der Waals surface area contributed by atoms with Crippen molar-refractivity contribution in [1.82, 2.24) is 10.4 Å². The quantitative estimate of drug-likeness (QED) is 0.510. The van der Waals surface area contributed by atoms with Gasteiger partial charge in [0.05, 0.1) is 6.61 Å². The van der Waals surface area contributed by atoms with Gasteiger partial charge in [-0.1, -0.05) is 6.92 Å². The lowest BCUT2D eigenvalue weighted by molar-refractivity contribution is 0.174. The number of hydrazine groups is 1. The summed E-state index contributed by atoms with van der Waals surface area (Å²) in [7, 11) is 1.92. The molecule has 0 bridgehead atoms. The molecule has 0 amide bonds. The minimum Gasteiger partial charge on any atom is -0.395 e. The molecular weight excluding hydrogens is 116 g/mol. The Hall–Kier alpha value is -0.120. The third kappa shape index (κ3) is 5.76. The average molecular weight is 132 g/mol. The van der Waals surface area contributed by atoms with Crippen molar-refractivity contribution in [2.75, 3.05) is 26.7 Å². The first-order valence-electron chi connectivity index (χ1n) is 3.36. The van der Waals surface area contributed by atoms with E-state index < -0.39 is 0 Å². The summed E-state index contributed by atoms with van der Waals surface area (Å²) in [6.07, 6.45) is 1.12. The van der Waals surface area contributed by atoms with Gasteiger partial charge in [0, 0.05) is 20.1 Å². The van der Waals surface area contributed by atoms with Crippen LogP contribution >= 0.6 is 0 Å². The number of aliphatic hydroxyl groups excluding tert-OH is 1. The van der Waals surface area contributed by atoms with Gasteiger partial charge in [0.2, 0.25) is 0 Å². The first kappa shape index (κ1) is 8.88.